The normalized spacial score (nSPS) is 23.4. The van der Waals surface area contributed by atoms with Gasteiger partial charge in [0, 0.05) is 73.9 Å². The summed E-state index contributed by atoms with van der Waals surface area (Å²) in [4.78, 5) is 26.7. The van der Waals surface area contributed by atoms with Crippen molar-refractivity contribution in [3.8, 4) is 11.1 Å². The van der Waals surface area contributed by atoms with E-state index in [4.69, 9.17) is 19.8 Å². The van der Waals surface area contributed by atoms with Gasteiger partial charge < -0.3 is 35.2 Å². The van der Waals surface area contributed by atoms with Crippen LogP contribution in [0.15, 0.2) is 42.6 Å². The topological polar surface area (TPSA) is 175 Å². The van der Waals surface area contributed by atoms with E-state index in [1.54, 1.807) is 11.3 Å². The number of benzene rings is 1. The van der Waals surface area contributed by atoms with E-state index in [0.717, 1.165) is 122 Å². The minimum Gasteiger partial charge on any atom is -0.476 e. The molecule has 1 aromatic carbocycles. The number of anilines is 4. The molecule has 1 aliphatic heterocycles. The Kier molecular flexibility index (Phi) is 11.1. The average Bonchev–Trinajstić information content (AvgIpc) is 3.80. The molecule has 4 N–H and O–H groups in total. The van der Waals surface area contributed by atoms with Gasteiger partial charge in [0.2, 0.25) is 0 Å². The number of rotatable bonds is 17. The lowest BCUT2D eigenvalue weighted by Gasteiger charge is -2.61. The van der Waals surface area contributed by atoms with Crippen LogP contribution in [0.4, 0.5) is 22.6 Å². The first-order valence-corrected chi connectivity index (χ1v) is 22.1. The Bertz CT molecular complexity index is 2270. The number of para-hydroxylation sites is 1. The highest BCUT2D eigenvalue weighted by Gasteiger charge is 2.58. The van der Waals surface area contributed by atoms with E-state index in [9.17, 15) is 20.1 Å². The van der Waals surface area contributed by atoms with Crippen LogP contribution in [-0.2, 0) is 17.7 Å². The number of carboxylic acids is 1. The molecule has 312 valence electrons. The fourth-order valence-electron chi connectivity index (χ4n) is 11.1. The van der Waals surface area contributed by atoms with E-state index in [0.29, 0.717) is 48.0 Å². The molecule has 0 spiro atoms. The summed E-state index contributed by atoms with van der Waals surface area (Å²) in [7, 11) is 0. The van der Waals surface area contributed by atoms with Gasteiger partial charge in [0.05, 0.1) is 28.6 Å². The van der Waals surface area contributed by atoms with E-state index in [2.05, 4.69) is 31.2 Å². The minimum absolute atomic E-state index is 0.00902. The molecule has 59 heavy (non-hydrogen) atoms. The monoisotopic (exact) mass is 821 g/mol. The van der Waals surface area contributed by atoms with Gasteiger partial charge in [-0.05, 0) is 120 Å². The lowest BCUT2D eigenvalue weighted by Crippen LogP contribution is -2.58. The maximum Gasteiger partial charge on any atom is 0.355 e. The fourth-order valence-corrected chi connectivity index (χ4v) is 12.0. The number of aliphatic hydroxyl groups is 2. The number of hydrogen-bond donors (Lipinski definition) is 4. The SMILES string of the molecule is Cc1c(Nc2nc3ccccc3s2)nnc2c1CCCN2c1ccc(-c2cnn(CC34CC5CC(C3)CC(OCCN(CCCO)CCCO)(C5)C4)c2C)c(C(=O)O)n1. The van der Waals surface area contributed by atoms with Gasteiger partial charge in [-0.1, -0.05) is 23.5 Å². The third-order valence-electron chi connectivity index (χ3n) is 13.4. The van der Waals surface area contributed by atoms with Crippen molar-refractivity contribution in [2.75, 3.05) is 56.2 Å². The zero-order valence-electron chi connectivity index (χ0n) is 34.1. The van der Waals surface area contributed by atoms with Crippen molar-refractivity contribution in [1.29, 1.82) is 0 Å². The number of pyridine rings is 1. The number of carbonyl (C=O) groups is 1. The quantitative estimate of drug-likeness (QED) is 0.0763. The van der Waals surface area contributed by atoms with Crippen LogP contribution in [0.3, 0.4) is 0 Å². The van der Waals surface area contributed by atoms with E-state index in [-0.39, 0.29) is 29.9 Å². The molecule has 5 heterocycles. The molecule has 4 aromatic heterocycles. The molecule has 4 saturated carbocycles. The molecule has 4 fully saturated rings. The minimum atomic E-state index is -1.09. The van der Waals surface area contributed by atoms with Crippen LogP contribution < -0.4 is 10.2 Å². The summed E-state index contributed by atoms with van der Waals surface area (Å²) in [6.45, 7) is 8.89. The second kappa shape index (κ2) is 16.5. The summed E-state index contributed by atoms with van der Waals surface area (Å²) in [6.07, 6.45) is 11.8. The Balaban J connectivity index is 0.923. The molecule has 2 atom stereocenters. The molecule has 14 nitrogen and oxygen atoms in total. The maximum absolute atomic E-state index is 12.9. The molecular weight excluding hydrogens is 767 g/mol. The van der Waals surface area contributed by atoms with Crippen LogP contribution in [-0.4, -0.2) is 108 Å². The summed E-state index contributed by atoms with van der Waals surface area (Å²) in [5.41, 5.74) is 5.19. The standard InChI is InChI=1S/C44H55N9O5S/c1-28-32-8-5-15-52(40(32)50-49-39(28)48-42-46-35-9-3-4-10-36(35)59-42)37-12-11-33(38(47-37)41(56)57)34-25-45-53(29(34)2)27-43-21-30-20-31(22-43)24-44(23-30,26-43)58-19-16-51(13-6-17-54)14-7-18-55/h3-4,9-12,25,30-31,54-55H,5-8,13-24,26-27H2,1-2H3,(H,56,57)(H,46,48,49). The molecule has 10 rings (SSSR count). The molecule has 4 aliphatic carbocycles. The van der Waals surface area contributed by atoms with Gasteiger partial charge in [-0.3, -0.25) is 4.68 Å². The lowest BCUT2D eigenvalue weighted by molar-refractivity contribution is -0.198. The van der Waals surface area contributed by atoms with Crippen LogP contribution in [0.2, 0.25) is 0 Å². The highest BCUT2D eigenvalue weighted by Crippen LogP contribution is 2.63. The molecule has 0 saturated heterocycles. The van der Waals surface area contributed by atoms with Gasteiger partial charge in [-0.25, -0.2) is 14.8 Å². The van der Waals surface area contributed by atoms with E-state index >= 15 is 0 Å². The van der Waals surface area contributed by atoms with Gasteiger partial charge in [-0.2, -0.15) is 5.10 Å². The average molecular weight is 822 g/mol. The van der Waals surface area contributed by atoms with Crippen LogP contribution in [0.5, 0.6) is 0 Å². The van der Waals surface area contributed by atoms with Gasteiger partial charge >= 0.3 is 5.97 Å². The molecular formula is C44H55N9O5S. The number of thiazole rings is 1. The summed E-state index contributed by atoms with van der Waals surface area (Å²) in [5.74, 6) is 2.07. The van der Waals surface area contributed by atoms with Gasteiger partial charge in [0.15, 0.2) is 22.5 Å². The highest BCUT2D eigenvalue weighted by molar-refractivity contribution is 7.22. The predicted octanol–water partition coefficient (Wildman–Crippen LogP) is 6.91. The second-order valence-electron chi connectivity index (χ2n) is 17.5. The zero-order valence-corrected chi connectivity index (χ0v) is 34.9. The van der Waals surface area contributed by atoms with Crippen molar-refractivity contribution in [2.24, 2.45) is 17.3 Å². The number of nitrogens with zero attached hydrogens (tertiary/aromatic N) is 8. The number of hydrogen-bond acceptors (Lipinski definition) is 13. The zero-order chi connectivity index (χ0) is 40.7. The first-order valence-electron chi connectivity index (χ1n) is 21.3. The fraction of sp³-hybridized carbons (Fsp3) is 0.545. The van der Waals surface area contributed by atoms with Crippen molar-refractivity contribution in [3.63, 3.8) is 0 Å². The third kappa shape index (κ3) is 7.95. The lowest BCUT2D eigenvalue weighted by atomic mass is 9.48. The number of carboxylic acid groups (broad SMARTS) is 1. The number of fused-ring (bicyclic) bond motifs is 2. The summed E-state index contributed by atoms with van der Waals surface area (Å²) in [6, 6.07) is 11.8. The van der Waals surface area contributed by atoms with Crippen molar-refractivity contribution in [2.45, 2.75) is 90.2 Å². The Morgan fingerprint density at radius 3 is 2.51 bits per heavy atom. The maximum atomic E-state index is 12.9. The second-order valence-corrected chi connectivity index (χ2v) is 18.5. The Labute approximate surface area is 348 Å². The molecule has 15 heteroatoms. The molecule has 5 aromatic rings. The number of aromatic carboxylic acids is 1. The molecule has 2 unspecified atom stereocenters. The van der Waals surface area contributed by atoms with Crippen molar-refractivity contribution in [3.05, 3.63) is 65.1 Å². The molecule has 4 bridgehead atoms. The van der Waals surface area contributed by atoms with Crippen molar-refractivity contribution < 1.29 is 24.9 Å². The Morgan fingerprint density at radius 2 is 1.76 bits per heavy atom. The van der Waals surface area contributed by atoms with Crippen molar-refractivity contribution >= 4 is 50.1 Å². The van der Waals surface area contributed by atoms with Crippen LogP contribution >= 0.6 is 11.3 Å². The van der Waals surface area contributed by atoms with Gasteiger partial charge in [0.25, 0.3) is 0 Å². The number of aliphatic hydroxyl groups excluding tert-OH is 2. The van der Waals surface area contributed by atoms with E-state index < -0.39 is 5.97 Å². The predicted molar refractivity (Wildman–Crippen MR) is 228 cm³/mol. The van der Waals surface area contributed by atoms with E-state index in [1.807, 2.05) is 55.3 Å². The third-order valence-corrected chi connectivity index (χ3v) is 14.3. The first kappa shape index (κ1) is 39.9. The number of nitrogens with one attached hydrogen (secondary N) is 1. The molecule has 0 radical (unpaired) electrons. The highest BCUT2D eigenvalue weighted by atomic mass is 32.1. The Hall–Kier alpha value is -4.54. The van der Waals surface area contributed by atoms with Crippen LogP contribution in [0.25, 0.3) is 21.3 Å². The number of ether oxygens (including phenoxy) is 1. The summed E-state index contributed by atoms with van der Waals surface area (Å²) < 4.78 is 10.1. The van der Waals surface area contributed by atoms with Crippen LogP contribution in [0.1, 0.15) is 85.1 Å². The molecule has 5 aliphatic rings. The first-order chi connectivity index (χ1) is 28.6. The van der Waals surface area contributed by atoms with Crippen molar-refractivity contribution in [1.82, 2.24) is 34.8 Å². The summed E-state index contributed by atoms with van der Waals surface area (Å²) >= 11 is 1.57. The Morgan fingerprint density at radius 1 is 0.983 bits per heavy atom. The van der Waals surface area contributed by atoms with Gasteiger partial charge in [-0.15, -0.1) is 10.2 Å². The summed E-state index contributed by atoms with van der Waals surface area (Å²) in [5, 5.41) is 47.6. The van der Waals surface area contributed by atoms with Crippen LogP contribution in [0, 0.1) is 31.1 Å². The van der Waals surface area contributed by atoms with E-state index in [1.165, 1.54) is 6.42 Å². The molecule has 0 amide bonds. The largest absolute Gasteiger partial charge is 0.476 e. The van der Waals surface area contributed by atoms with Gasteiger partial charge in [0.1, 0.15) is 5.82 Å². The smallest absolute Gasteiger partial charge is 0.355 e. The number of aromatic nitrogens is 6.